The van der Waals surface area contributed by atoms with Gasteiger partial charge in [0.1, 0.15) is 5.82 Å². The highest BCUT2D eigenvalue weighted by atomic mass is 32.2. The van der Waals surface area contributed by atoms with Crippen molar-refractivity contribution in [3.05, 3.63) is 30.1 Å². The van der Waals surface area contributed by atoms with Crippen LogP contribution in [-0.4, -0.2) is 62.5 Å². The van der Waals surface area contributed by atoms with E-state index in [0.29, 0.717) is 26.2 Å². The van der Waals surface area contributed by atoms with Crippen LogP contribution in [0.3, 0.4) is 0 Å². The van der Waals surface area contributed by atoms with Gasteiger partial charge >= 0.3 is 5.97 Å². The number of aliphatic carboxylic acids is 1. The van der Waals surface area contributed by atoms with Crippen LogP contribution < -0.4 is 0 Å². The summed E-state index contributed by atoms with van der Waals surface area (Å²) in [5.41, 5.74) is 0. The Kier molecular flexibility index (Phi) is 5.38. The molecular weight excluding hydrogens is 325 g/mol. The standard InChI is InChI=1S/C15H20FNO5S/c1-22-11-10-17-8-6-15(7-9-17,14(18)19)23(20,21)13-4-2-12(16)3-5-13/h2-5H,6-11H2,1H3,(H,18,19). The Hall–Kier alpha value is -1.51. The van der Waals surface area contributed by atoms with E-state index in [-0.39, 0.29) is 17.7 Å². The number of halogens is 1. The number of hydrogen-bond acceptors (Lipinski definition) is 5. The van der Waals surface area contributed by atoms with Gasteiger partial charge in [0, 0.05) is 26.7 Å². The molecule has 6 nitrogen and oxygen atoms in total. The number of sulfone groups is 1. The molecule has 0 radical (unpaired) electrons. The number of carbonyl (C=O) groups is 1. The Balaban J connectivity index is 2.28. The summed E-state index contributed by atoms with van der Waals surface area (Å²) >= 11 is 0. The number of carboxylic acids is 1. The zero-order chi connectivity index (χ0) is 17.1. The van der Waals surface area contributed by atoms with Gasteiger partial charge in [-0.2, -0.15) is 0 Å². The van der Waals surface area contributed by atoms with Crippen LogP contribution >= 0.6 is 0 Å². The smallest absolute Gasteiger partial charge is 0.325 e. The molecule has 0 spiro atoms. The fraction of sp³-hybridized carbons (Fsp3) is 0.533. The number of likely N-dealkylation sites (tertiary alicyclic amines) is 1. The van der Waals surface area contributed by atoms with E-state index in [9.17, 15) is 22.7 Å². The lowest BCUT2D eigenvalue weighted by molar-refractivity contribution is -0.141. The number of methoxy groups -OCH3 is 1. The molecule has 1 N–H and O–H groups in total. The molecule has 23 heavy (non-hydrogen) atoms. The largest absolute Gasteiger partial charge is 0.480 e. The van der Waals surface area contributed by atoms with Crippen molar-refractivity contribution in [1.82, 2.24) is 4.90 Å². The van der Waals surface area contributed by atoms with Crippen molar-refractivity contribution in [1.29, 1.82) is 0 Å². The first-order valence-corrected chi connectivity index (χ1v) is 8.77. The highest BCUT2D eigenvalue weighted by Gasteiger charge is 2.53. The second kappa shape index (κ2) is 6.94. The Bertz CT molecular complexity index is 651. The number of carboxylic acid groups (broad SMARTS) is 1. The van der Waals surface area contributed by atoms with Gasteiger partial charge in [0.25, 0.3) is 0 Å². The SMILES string of the molecule is COCCN1CCC(C(=O)O)(S(=O)(=O)c2ccc(F)cc2)CC1. The fourth-order valence-electron chi connectivity index (χ4n) is 2.80. The predicted molar refractivity (Wildman–Crippen MR) is 81.5 cm³/mol. The van der Waals surface area contributed by atoms with E-state index >= 15 is 0 Å². The molecule has 0 atom stereocenters. The zero-order valence-corrected chi connectivity index (χ0v) is 13.7. The van der Waals surface area contributed by atoms with Gasteiger partial charge in [-0.25, -0.2) is 12.8 Å². The van der Waals surface area contributed by atoms with E-state index in [2.05, 4.69) is 0 Å². The van der Waals surface area contributed by atoms with Crippen LogP contribution in [0.4, 0.5) is 4.39 Å². The van der Waals surface area contributed by atoms with Gasteiger partial charge in [-0.1, -0.05) is 0 Å². The van der Waals surface area contributed by atoms with E-state index < -0.39 is 26.4 Å². The number of piperidine rings is 1. The summed E-state index contributed by atoms with van der Waals surface area (Å²) in [6.07, 6.45) is -0.0164. The predicted octanol–water partition coefficient (Wildman–Crippen LogP) is 1.16. The summed E-state index contributed by atoms with van der Waals surface area (Å²) in [7, 11) is -2.53. The van der Waals surface area contributed by atoms with Gasteiger partial charge in [-0.3, -0.25) is 4.79 Å². The number of ether oxygens (including phenoxy) is 1. The highest BCUT2D eigenvalue weighted by molar-refractivity contribution is 7.93. The fourth-order valence-corrected chi connectivity index (χ4v) is 4.69. The molecule has 8 heteroatoms. The minimum absolute atomic E-state index is 0.00818. The summed E-state index contributed by atoms with van der Waals surface area (Å²) < 4.78 is 41.8. The van der Waals surface area contributed by atoms with Crippen LogP contribution in [0.2, 0.25) is 0 Å². The minimum Gasteiger partial charge on any atom is -0.480 e. The lowest BCUT2D eigenvalue weighted by Gasteiger charge is -2.38. The normalized spacial score (nSPS) is 18.7. The highest BCUT2D eigenvalue weighted by Crippen LogP contribution is 2.36. The lowest BCUT2D eigenvalue weighted by atomic mass is 9.96. The van der Waals surface area contributed by atoms with Crippen molar-refractivity contribution < 1.29 is 27.4 Å². The molecule has 128 valence electrons. The Morgan fingerprint density at radius 1 is 1.30 bits per heavy atom. The first-order valence-electron chi connectivity index (χ1n) is 7.28. The van der Waals surface area contributed by atoms with E-state index in [1.165, 1.54) is 0 Å². The number of rotatable bonds is 6. The van der Waals surface area contributed by atoms with Crippen LogP contribution in [0.25, 0.3) is 0 Å². The van der Waals surface area contributed by atoms with Gasteiger partial charge in [-0.15, -0.1) is 0 Å². The molecule has 1 heterocycles. The summed E-state index contributed by atoms with van der Waals surface area (Å²) in [5, 5.41) is 9.61. The lowest BCUT2D eigenvalue weighted by Crippen LogP contribution is -2.54. The molecule has 1 aliphatic rings. The summed E-state index contributed by atoms with van der Waals surface area (Å²) in [6.45, 7) is 1.85. The number of nitrogens with zero attached hydrogens (tertiary/aromatic N) is 1. The van der Waals surface area contributed by atoms with Crippen molar-refractivity contribution in [2.45, 2.75) is 22.5 Å². The van der Waals surface area contributed by atoms with Crippen molar-refractivity contribution in [3.63, 3.8) is 0 Å². The van der Waals surface area contributed by atoms with Crippen LogP contribution in [0, 0.1) is 5.82 Å². The molecular formula is C15H20FNO5S. The van der Waals surface area contributed by atoms with E-state index in [1.807, 2.05) is 4.90 Å². The van der Waals surface area contributed by atoms with E-state index in [0.717, 1.165) is 24.3 Å². The van der Waals surface area contributed by atoms with Gasteiger partial charge in [-0.05, 0) is 37.1 Å². The van der Waals surface area contributed by atoms with Crippen LogP contribution in [0.15, 0.2) is 29.2 Å². The molecule has 1 saturated heterocycles. The Morgan fingerprint density at radius 2 is 1.87 bits per heavy atom. The first kappa shape index (κ1) is 17.8. The number of benzene rings is 1. The third-order valence-corrected chi connectivity index (χ3v) is 6.81. The van der Waals surface area contributed by atoms with Crippen LogP contribution in [-0.2, 0) is 19.4 Å². The monoisotopic (exact) mass is 345 g/mol. The summed E-state index contributed by atoms with van der Waals surface area (Å²) in [5.74, 6) is -1.92. The summed E-state index contributed by atoms with van der Waals surface area (Å²) in [4.78, 5) is 13.6. The average molecular weight is 345 g/mol. The maximum atomic E-state index is 13.0. The Morgan fingerprint density at radius 3 is 2.35 bits per heavy atom. The Labute approximate surface area is 134 Å². The third-order valence-electron chi connectivity index (χ3n) is 4.30. The van der Waals surface area contributed by atoms with E-state index in [4.69, 9.17) is 4.74 Å². The molecule has 0 saturated carbocycles. The van der Waals surface area contributed by atoms with Gasteiger partial charge in [0.2, 0.25) is 0 Å². The molecule has 1 aromatic rings. The summed E-state index contributed by atoms with van der Waals surface area (Å²) in [6, 6.07) is 4.28. The topological polar surface area (TPSA) is 83.9 Å². The molecule has 0 bridgehead atoms. The van der Waals surface area contributed by atoms with E-state index in [1.54, 1.807) is 7.11 Å². The van der Waals surface area contributed by atoms with Gasteiger partial charge in [0.05, 0.1) is 11.5 Å². The quantitative estimate of drug-likeness (QED) is 0.779. The molecule has 1 aromatic carbocycles. The first-order chi connectivity index (χ1) is 10.8. The van der Waals surface area contributed by atoms with Crippen LogP contribution in [0.5, 0.6) is 0 Å². The zero-order valence-electron chi connectivity index (χ0n) is 12.9. The van der Waals surface area contributed by atoms with Crippen molar-refractivity contribution in [2.75, 3.05) is 33.4 Å². The molecule has 1 aliphatic heterocycles. The van der Waals surface area contributed by atoms with Gasteiger partial charge in [0.15, 0.2) is 14.6 Å². The molecule has 0 aliphatic carbocycles. The minimum atomic E-state index is -4.11. The molecule has 0 amide bonds. The molecule has 0 aromatic heterocycles. The van der Waals surface area contributed by atoms with Crippen molar-refractivity contribution in [2.24, 2.45) is 0 Å². The molecule has 1 fully saturated rings. The maximum Gasteiger partial charge on any atom is 0.325 e. The molecule has 2 rings (SSSR count). The molecule has 0 unspecified atom stereocenters. The average Bonchev–Trinajstić information content (AvgIpc) is 2.53. The van der Waals surface area contributed by atoms with Crippen molar-refractivity contribution >= 4 is 15.8 Å². The van der Waals surface area contributed by atoms with Crippen molar-refractivity contribution in [3.8, 4) is 0 Å². The maximum absolute atomic E-state index is 13.0. The number of hydrogen-bond donors (Lipinski definition) is 1. The van der Waals surface area contributed by atoms with Gasteiger partial charge < -0.3 is 14.7 Å². The second-order valence-corrected chi connectivity index (χ2v) is 7.85. The van der Waals surface area contributed by atoms with Crippen LogP contribution in [0.1, 0.15) is 12.8 Å². The second-order valence-electron chi connectivity index (χ2n) is 5.59. The third kappa shape index (κ3) is 3.39.